The number of nitrogens with zero attached hydrogens (tertiary/aromatic N) is 2. The highest BCUT2D eigenvalue weighted by Gasteiger charge is 2.34. The third kappa shape index (κ3) is 4.50. The number of amides is 1. The van der Waals surface area contributed by atoms with Crippen molar-refractivity contribution in [2.24, 2.45) is 5.73 Å². The minimum absolute atomic E-state index is 0.0677. The van der Waals surface area contributed by atoms with Crippen LogP contribution in [0.3, 0.4) is 0 Å². The zero-order valence-corrected chi connectivity index (χ0v) is 14.6. The van der Waals surface area contributed by atoms with Crippen LogP contribution in [0.15, 0.2) is 30.5 Å². The molecule has 8 heteroatoms. The first-order valence-electron chi connectivity index (χ1n) is 8.25. The van der Waals surface area contributed by atoms with E-state index in [2.05, 4.69) is 15.3 Å². The zero-order valence-electron chi connectivity index (χ0n) is 14.6. The molecular formula is C18H21F3N4O. The first-order valence-corrected chi connectivity index (χ1v) is 8.25. The molecule has 1 atom stereocenters. The fraction of sp³-hybridized carbons (Fsp3) is 0.389. The summed E-state index contributed by atoms with van der Waals surface area (Å²) in [5.74, 6) is -0.785. The van der Waals surface area contributed by atoms with Gasteiger partial charge >= 0.3 is 6.18 Å². The summed E-state index contributed by atoms with van der Waals surface area (Å²) in [7, 11) is 1.54. The number of benzene rings is 1. The second-order valence-corrected chi connectivity index (χ2v) is 5.86. The number of rotatable bonds is 7. The maximum absolute atomic E-state index is 13.2. The van der Waals surface area contributed by atoms with Crippen LogP contribution in [0, 0.1) is 0 Å². The minimum Gasteiger partial charge on any atom is -0.369 e. The lowest BCUT2D eigenvalue weighted by Gasteiger charge is -2.17. The van der Waals surface area contributed by atoms with E-state index in [1.807, 2.05) is 6.92 Å². The molecule has 3 N–H and O–H groups in total. The largest absolute Gasteiger partial charge is 0.419 e. The molecule has 1 amide bonds. The SMILES string of the molecule is CCC(C(N)=O)c1ccccc1CCc1nc(NC)ncc1C(F)(F)F. The maximum atomic E-state index is 13.2. The highest BCUT2D eigenvalue weighted by atomic mass is 19.4. The molecule has 0 aliphatic heterocycles. The Hall–Kier alpha value is -2.64. The van der Waals surface area contributed by atoms with Gasteiger partial charge in [-0.3, -0.25) is 4.79 Å². The van der Waals surface area contributed by atoms with Gasteiger partial charge in [-0.2, -0.15) is 13.2 Å². The van der Waals surface area contributed by atoms with Crippen LogP contribution in [0.4, 0.5) is 19.1 Å². The molecule has 140 valence electrons. The smallest absolute Gasteiger partial charge is 0.369 e. The van der Waals surface area contributed by atoms with E-state index in [1.54, 1.807) is 31.3 Å². The lowest BCUT2D eigenvalue weighted by atomic mass is 9.89. The van der Waals surface area contributed by atoms with E-state index >= 15 is 0 Å². The summed E-state index contributed by atoms with van der Waals surface area (Å²) in [6, 6.07) is 7.16. The van der Waals surface area contributed by atoms with Gasteiger partial charge in [0, 0.05) is 13.2 Å². The summed E-state index contributed by atoms with van der Waals surface area (Å²) in [6.45, 7) is 1.84. The number of anilines is 1. The van der Waals surface area contributed by atoms with Crippen molar-refractivity contribution in [1.82, 2.24) is 9.97 Å². The number of hydrogen-bond acceptors (Lipinski definition) is 4. The van der Waals surface area contributed by atoms with Gasteiger partial charge < -0.3 is 11.1 Å². The van der Waals surface area contributed by atoms with Crippen molar-refractivity contribution >= 4 is 11.9 Å². The number of alkyl halides is 3. The summed E-state index contributed by atoms with van der Waals surface area (Å²) in [5, 5.41) is 2.65. The van der Waals surface area contributed by atoms with Crippen molar-refractivity contribution in [3.8, 4) is 0 Å². The van der Waals surface area contributed by atoms with Crippen LogP contribution < -0.4 is 11.1 Å². The fourth-order valence-electron chi connectivity index (χ4n) is 2.89. The van der Waals surface area contributed by atoms with Crippen LogP contribution >= 0.6 is 0 Å². The Morgan fingerprint density at radius 2 is 1.96 bits per heavy atom. The number of hydrogen-bond donors (Lipinski definition) is 2. The Morgan fingerprint density at radius 1 is 1.27 bits per heavy atom. The maximum Gasteiger partial charge on any atom is 0.419 e. The summed E-state index contributed by atoms with van der Waals surface area (Å²) in [6.07, 6.45) is -2.84. The van der Waals surface area contributed by atoms with Gasteiger partial charge in [0.2, 0.25) is 11.9 Å². The van der Waals surface area contributed by atoms with Gasteiger partial charge in [0.15, 0.2) is 0 Å². The number of carbonyl (C=O) groups is 1. The Kier molecular flexibility index (Phi) is 6.18. The number of primary amides is 1. The Morgan fingerprint density at radius 3 is 2.54 bits per heavy atom. The van der Waals surface area contributed by atoms with Crippen LogP contribution in [0.25, 0.3) is 0 Å². The summed E-state index contributed by atoms with van der Waals surface area (Å²) in [4.78, 5) is 19.3. The zero-order chi connectivity index (χ0) is 19.3. The Labute approximate surface area is 149 Å². The van der Waals surface area contributed by atoms with E-state index in [0.717, 1.165) is 17.3 Å². The van der Waals surface area contributed by atoms with Crippen LogP contribution in [0.5, 0.6) is 0 Å². The molecule has 5 nitrogen and oxygen atoms in total. The molecule has 0 bridgehead atoms. The average molecular weight is 366 g/mol. The van der Waals surface area contributed by atoms with E-state index in [9.17, 15) is 18.0 Å². The van der Waals surface area contributed by atoms with Crippen molar-refractivity contribution in [3.63, 3.8) is 0 Å². The van der Waals surface area contributed by atoms with Crippen molar-refractivity contribution < 1.29 is 18.0 Å². The Balaban J connectivity index is 2.34. The van der Waals surface area contributed by atoms with E-state index < -0.39 is 23.6 Å². The fourth-order valence-corrected chi connectivity index (χ4v) is 2.89. The minimum atomic E-state index is -4.53. The third-order valence-corrected chi connectivity index (χ3v) is 4.21. The molecule has 0 aliphatic carbocycles. The van der Waals surface area contributed by atoms with Crippen LogP contribution in [-0.2, 0) is 23.8 Å². The van der Waals surface area contributed by atoms with Gasteiger partial charge in [-0.05, 0) is 30.4 Å². The van der Waals surface area contributed by atoms with Crippen LogP contribution in [0.2, 0.25) is 0 Å². The molecule has 1 aromatic carbocycles. The number of halogens is 3. The molecule has 0 spiro atoms. The van der Waals surface area contributed by atoms with E-state index in [0.29, 0.717) is 12.8 Å². The normalized spacial score (nSPS) is 12.7. The highest BCUT2D eigenvalue weighted by molar-refractivity contribution is 5.82. The first-order chi connectivity index (χ1) is 12.3. The highest BCUT2D eigenvalue weighted by Crippen LogP contribution is 2.32. The van der Waals surface area contributed by atoms with E-state index in [-0.39, 0.29) is 18.1 Å². The van der Waals surface area contributed by atoms with Crippen molar-refractivity contribution in [2.75, 3.05) is 12.4 Å². The lowest BCUT2D eigenvalue weighted by molar-refractivity contribution is -0.138. The quantitative estimate of drug-likeness (QED) is 0.788. The molecule has 0 radical (unpaired) electrons. The van der Waals surface area contributed by atoms with Gasteiger partial charge in [0.1, 0.15) is 0 Å². The standard InChI is InChI=1S/C18H21F3N4O/c1-3-12(16(22)26)13-7-5-4-6-11(13)8-9-15-14(18(19,20)21)10-24-17(23-2)25-15/h4-7,10,12H,3,8-9H2,1-2H3,(H2,22,26)(H,23,24,25). The molecule has 1 aromatic heterocycles. The second-order valence-electron chi connectivity index (χ2n) is 5.86. The number of carbonyl (C=O) groups excluding carboxylic acids is 1. The van der Waals surface area contributed by atoms with Gasteiger partial charge in [0.05, 0.1) is 17.2 Å². The first kappa shape index (κ1) is 19.7. The van der Waals surface area contributed by atoms with Gasteiger partial charge in [-0.1, -0.05) is 31.2 Å². The van der Waals surface area contributed by atoms with Gasteiger partial charge in [-0.15, -0.1) is 0 Å². The van der Waals surface area contributed by atoms with E-state index in [1.165, 1.54) is 0 Å². The van der Waals surface area contributed by atoms with E-state index in [4.69, 9.17) is 5.73 Å². The molecule has 2 aromatic rings. The Bertz CT molecular complexity index is 777. The molecule has 0 saturated heterocycles. The number of nitrogens with two attached hydrogens (primary N) is 1. The summed E-state index contributed by atoms with van der Waals surface area (Å²) >= 11 is 0. The molecule has 0 fully saturated rings. The molecule has 0 saturated carbocycles. The molecule has 0 aliphatic rings. The average Bonchev–Trinajstić information content (AvgIpc) is 2.60. The molecule has 26 heavy (non-hydrogen) atoms. The van der Waals surface area contributed by atoms with Crippen molar-refractivity contribution in [2.45, 2.75) is 38.3 Å². The van der Waals surface area contributed by atoms with Crippen molar-refractivity contribution in [3.05, 3.63) is 52.8 Å². The molecule has 1 heterocycles. The van der Waals surface area contributed by atoms with Crippen LogP contribution in [-0.4, -0.2) is 22.9 Å². The van der Waals surface area contributed by atoms with Gasteiger partial charge in [-0.25, -0.2) is 9.97 Å². The lowest BCUT2D eigenvalue weighted by Crippen LogP contribution is -2.22. The summed E-state index contributed by atoms with van der Waals surface area (Å²) in [5.41, 5.74) is 6.06. The number of aromatic nitrogens is 2. The van der Waals surface area contributed by atoms with Crippen LogP contribution in [0.1, 0.15) is 41.6 Å². The third-order valence-electron chi connectivity index (χ3n) is 4.21. The summed E-state index contributed by atoms with van der Waals surface area (Å²) < 4.78 is 39.6. The van der Waals surface area contributed by atoms with Gasteiger partial charge in [0.25, 0.3) is 0 Å². The van der Waals surface area contributed by atoms with Crippen molar-refractivity contribution in [1.29, 1.82) is 0 Å². The molecular weight excluding hydrogens is 345 g/mol. The predicted molar refractivity (Wildman–Crippen MR) is 92.7 cm³/mol. The second kappa shape index (κ2) is 8.16. The molecule has 1 unspecified atom stereocenters. The monoisotopic (exact) mass is 366 g/mol. The molecule has 2 rings (SSSR count). The predicted octanol–water partition coefficient (Wildman–Crippen LogP) is 3.30. The number of aryl methyl sites for hydroxylation is 2. The topological polar surface area (TPSA) is 80.9 Å². The number of nitrogens with one attached hydrogen (secondary N) is 1.